The number of hydrogen-bond donors (Lipinski definition) is 2. The average Bonchev–Trinajstić information content (AvgIpc) is 3.21. The van der Waals surface area contributed by atoms with Gasteiger partial charge in [-0.15, -0.1) is 11.3 Å². The molecule has 3 aromatic rings. The second-order valence-corrected chi connectivity index (χ2v) is 10.3. The molecule has 0 bridgehead atoms. The fourth-order valence-electron chi connectivity index (χ4n) is 3.73. The lowest BCUT2D eigenvalue weighted by molar-refractivity contribution is -0.139. The highest BCUT2D eigenvalue weighted by Gasteiger charge is 2.24. The third-order valence-electron chi connectivity index (χ3n) is 5.53. The van der Waals surface area contributed by atoms with Crippen LogP contribution in [0.5, 0.6) is 0 Å². The molecule has 33 heavy (non-hydrogen) atoms. The summed E-state index contributed by atoms with van der Waals surface area (Å²) in [6.07, 6.45) is 7.21. The largest absolute Gasteiger partial charge is 0.481 e. The lowest BCUT2D eigenvalue weighted by Crippen LogP contribution is -2.19. The lowest BCUT2D eigenvalue weighted by atomic mass is 9.86. The monoisotopic (exact) mass is 464 g/mol. The fraction of sp³-hybridized carbons (Fsp3) is 0.370. The van der Waals surface area contributed by atoms with E-state index in [2.05, 4.69) is 17.2 Å². The van der Waals surface area contributed by atoms with Gasteiger partial charge in [-0.3, -0.25) is 9.59 Å². The van der Waals surface area contributed by atoms with Crippen molar-refractivity contribution in [2.75, 3.05) is 5.32 Å². The predicted octanol–water partition coefficient (Wildman–Crippen LogP) is 6.84. The summed E-state index contributed by atoms with van der Waals surface area (Å²) >= 11 is 1.57. The first-order valence-corrected chi connectivity index (χ1v) is 12.2. The number of rotatable bonds is 11. The van der Waals surface area contributed by atoms with Crippen molar-refractivity contribution in [1.29, 1.82) is 0 Å². The second-order valence-electron chi connectivity index (χ2n) is 9.22. The number of carboxylic acid groups (broad SMARTS) is 1. The van der Waals surface area contributed by atoms with Gasteiger partial charge in [0.15, 0.2) is 0 Å². The van der Waals surface area contributed by atoms with Gasteiger partial charge in [-0.2, -0.15) is 0 Å². The number of anilines is 1. The number of aliphatic carboxylic acids is 1. The van der Waals surface area contributed by atoms with E-state index < -0.39 is 5.97 Å². The maximum absolute atomic E-state index is 12.6. The van der Waals surface area contributed by atoms with Crippen LogP contribution in [0.2, 0.25) is 0 Å². The number of amides is 1. The van der Waals surface area contributed by atoms with Gasteiger partial charge in [0.2, 0.25) is 0 Å². The van der Waals surface area contributed by atoms with Gasteiger partial charge in [-0.1, -0.05) is 57.9 Å². The van der Waals surface area contributed by atoms with E-state index in [9.17, 15) is 9.59 Å². The van der Waals surface area contributed by atoms with Gasteiger partial charge in [0.1, 0.15) is 0 Å². The summed E-state index contributed by atoms with van der Waals surface area (Å²) in [6.45, 7) is 6.08. The molecule has 2 N–H and O–H groups in total. The summed E-state index contributed by atoms with van der Waals surface area (Å²) in [4.78, 5) is 29.1. The average molecular weight is 465 g/mol. The minimum Gasteiger partial charge on any atom is -0.481 e. The molecule has 6 heteroatoms. The number of carboxylic acids is 1. The van der Waals surface area contributed by atoms with Crippen LogP contribution >= 0.6 is 11.3 Å². The molecular weight excluding hydrogens is 432 g/mol. The summed E-state index contributed by atoms with van der Waals surface area (Å²) in [5, 5.41) is 13.0. The first-order chi connectivity index (χ1) is 15.8. The number of aryl methyl sites for hydroxylation is 1. The highest BCUT2D eigenvalue weighted by Crippen LogP contribution is 2.32. The van der Waals surface area contributed by atoms with Crippen LogP contribution in [0.15, 0.2) is 54.7 Å². The van der Waals surface area contributed by atoms with Crippen LogP contribution in [-0.4, -0.2) is 22.0 Å². The second kappa shape index (κ2) is 11.2. The van der Waals surface area contributed by atoms with Gasteiger partial charge >= 0.3 is 5.97 Å². The maximum Gasteiger partial charge on any atom is 0.303 e. The van der Waals surface area contributed by atoms with E-state index in [0.717, 1.165) is 27.6 Å². The molecule has 0 unspecified atom stereocenters. The van der Waals surface area contributed by atoms with E-state index in [1.165, 1.54) is 24.8 Å². The van der Waals surface area contributed by atoms with E-state index in [4.69, 9.17) is 5.11 Å². The van der Waals surface area contributed by atoms with Crippen LogP contribution in [0.3, 0.4) is 0 Å². The van der Waals surface area contributed by atoms with Crippen molar-refractivity contribution in [3.63, 3.8) is 0 Å². The Morgan fingerprint density at radius 3 is 2.36 bits per heavy atom. The molecule has 0 aliphatic heterocycles. The molecular formula is C27H32N2O3S. The maximum atomic E-state index is 12.6. The standard InChI is InChI=1S/C27H32N2O3S/c1-4-5-6-7-19-8-10-21(11-9-19)26(32)29-22-14-12-20(13-15-22)23-18-28-24(33-23)16-27(2,3)17-25(30)31/h8-15,18H,4-7,16-17H2,1-3H3,(H,29,32)(H,30,31). The minimum absolute atomic E-state index is 0.109. The Hall–Kier alpha value is -2.99. The molecule has 0 fully saturated rings. The van der Waals surface area contributed by atoms with Gasteiger partial charge in [0.25, 0.3) is 5.91 Å². The van der Waals surface area contributed by atoms with Crippen LogP contribution < -0.4 is 5.32 Å². The first-order valence-electron chi connectivity index (χ1n) is 11.4. The Kier molecular flexibility index (Phi) is 8.39. The highest BCUT2D eigenvalue weighted by atomic mass is 32.1. The van der Waals surface area contributed by atoms with Gasteiger partial charge in [0, 0.05) is 23.9 Å². The van der Waals surface area contributed by atoms with Crippen molar-refractivity contribution in [1.82, 2.24) is 4.98 Å². The summed E-state index contributed by atoms with van der Waals surface area (Å²) in [6, 6.07) is 15.5. The summed E-state index contributed by atoms with van der Waals surface area (Å²) in [5.41, 5.74) is 3.32. The lowest BCUT2D eigenvalue weighted by Gasteiger charge is -2.20. The Balaban J connectivity index is 1.59. The number of benzene rings is 2. The fourth-order valence-corrected chi connectivity index (χ4v) is 4.91. The third kappa shape index (κ3) is 7.53. The molecule has 5 nitrogen and oxygen atoms in total. The highest BCUT2D eigenvalue weighted by molar-refractivity contribution is 7.15. The SMILES string of the molecule is CCCCCc1ccc(C(=O)Nc2ccc(-c3cnc(CC(C)(C)CC(=O)O)s3)cc2)cc1. The van der Waals surface area contributed by atoms with Crippen molar-refractivity contribution < 1.29 is 14.7 Å². The van der Waals surface area contributed by atoms with Gasteiger partial charge in [-0.25, -0.2) is 4.98 Å². The Morgan fingerprint density at radius 2 is 1.73 bits per heavy atom. The smallest absolute Gasteiger partial charge is 0.303 e. The molecule has 1 amide bonds. The normalized spacial score (nSPS) is 11.4. The van der Waals surface area contributed by atoms with Crippen molar-refractivity contribution in [3.8, 4) is 10.4 Å². The van der Waals surface area contributed by atoms with Gasteiger partial charge in [0.05, 0.1) is 16.3 Å². The summed E-state index contributed by atoms with van der Waals surface area (Å²) in [7, 11) is 0. The molecule has 0 atom stereocenters. The van der Waals surface area contributed by atoms with Crippen LogP contribution in [0.4, 0.5) is 5.69 Å². The molecule has 174 valence electrons. The van der Waals surface area contributed by atoms with Crippen LogP contribution in [0.25, 0.3) is 10.4 Å². The molecule has 0 saturated heterocycles. The molecule has 0 aliphatic carbocycles. The Bertz CT molecular complexity index is 1070. The summed E-state index contributed by atoms with van der Waals surface area (Å²) in [5.74, 6) is -0.916. The number of hydrogen-bond acceptors (Lipinski definition) is 4. The number of aromatic nitrogens is 1. The Labute approximate surface area is 199 Å². The van der Waals surface area contributed by atoms with E-state index >= 15 is 0 Å². The number of nitrogens with zero attached hydrogens (tertiary/aromatic N) is 1. The van der Waals surface area contributed by atoms with Gasteiger partial charge < -0.3 is 10.4 Å². The van der Waals surface area contributed by atoms with Crippen LogP contribution in [-0.2, 0) is 17.6 Å². The molecule has 3 rings (SSSR count). The van der Waals surface area contributed by atoms with E-state index in [-0.39, 0.29) is 17.7 Å². The Morgan fingerprint density at radius 1 is 1.03 bits per heavy atom. The third-order valence-corrected chi connectivity index (χ3v) is 6.57. The zero-order valence-electron chi connectivity index (χ0n) is 19.6. The number of carbonyl (C=O) groups excluding carboxylic acids is 1. The number of nitrogens with one attached hydrogen (secondary N) is 1. The van der Waals surface area contributed by atoms with E-state index in [0.29, 0.717) is 12.0 Å². The number of unbranched alkanes of at least 4 members (excludes halogenated alkanes) is 2. The number of carbonyl (C=O) groups is 2. The van der Waals surface area contributed by atoms with Crippen LogP contribution in [0, 0.1) is 5.41 Å². The first kappa shape index (κ1) is 24.6. The zero-order valence-corrected chi connectivity index (χ0v) is 20.4. The molecule has 1 aromatic heterocycles. The molecule has 0 saturated carbocycles. The van der Waals surface area contributed by atoms with Crippen molar-refractivity contribution >= 4 is 28.9 Å². The molecule has 0 radical (unpaired) electrons. The topological polar surface area (TPSA) is 79.3 Å². The zero-order chi connectivity index (χ0) is 23.8. The minimum atomic E-state index is -0.794. The van der Waals surface area contributed by atoms with Crippen molar-refractivity contribution in [2.24, 2.45) is 5.41 Å². The quantitative estimate of drug-likeness (QED) is 0.305. The summed E-state index contributed by atoms with van der Waals surface area (Å²) < 4.78 is 0. The van der Waals surface area contributed by atoms with E-state index in [1.807, 2.05) is 68.6 Å². The van der Waals surface area contributed by atoms with Crippen molar-refractivity contribution in [3.05, 3.63) is 70.9 Å². The predicted molar refractivity (Wildman–Crippen MR) is 135 cm³/mol. The van der Waals surface area contributed by atoms with Gasteiger partial charge in [-0.05, 0) is 53.6 Å². The molecule has 1 heterocycles. The molecule has 0 aliphatic rings. The molecule has 2 aromatic carbocycles. The number of thiazole rings is 1. The van der Waals surface area contributed by atoms with Crippen molar-refractivity contribution in [2.45, 2.75) is 59.3 Å². The van der Waals surface area contributed by atoms with E-state index in [1.54, 1.807) is 11.3 Å². The molecule has 0 spiro atoms. The van der Waals surface area contributed by atoms with Crippen LogP contribution in [0.1, 0.15) is 67.4 Å².